The van der Waals surface area contributed by atoms with Gasteiger partial charge in [-0.1, -0.05) is 12.8 Å². The number of nitriles is 1. The molecule has 1 aliphatic heterocycles. The smallest absolute Gasteiger partial charge is 0.243 e. The van der Waals surface area contributed by atoms with E-state index in [2.05, 4.69) is 6.07 Å². The van der Waals surface area contributed by atoms with Crippen molar-refractivity contribution in [2.75, 3.05) is 19.7 Å². The Morgan fingerprint density at radius 3 is 2.72 bits per heavy atom. The summed E-state index contributed by atoms with van der Waals surface area (Å²) in [6.07, 6.45) is 2.81. The molecule has 2 fully saturated rings. The first-order chi connectivity index (χ1) is 8.61. The maximum atomic E-state index is 12.5. The molecule has 1 amide bonds. The zero-order chi connectivity index (χ0) is 13.2. The molecule has 1 aliphatic carbocycles. The van der Waals surface area contributed by atoms with Gasteiger partial charge in [0.25, 0.3) is 0 Å². The number of carbonyl (C=O) groups is 1. The second-order valence-electron chi connectivity index (χ2n) is 5.36. The van der Waals surface area contributed by atoms with Crippen molar-refractivity contribution >= 4 is 5.91 Å². The molecule has 18 heavy (non-hydrogen) atoms. The lowest BCUT2D eigenvalue weighted by Crippen LogP contribution is -2.54. The highest BCUT2D eigenvalue weighted by Gasteiger charge is 2.45. The number of aliphatic hydroxyl groups excluding tert-OH is 1. The van der Waals surface area contributed by atoms with Gasteiger partial charge >= 0.3 is 0 Å². The SMILES string of the molecule is CC1CN(C(=O)C2(C#N)CCCC2)CC(CO)O1. The molecular weight excluding hydrogens is 232 g/mol. The molecule has 2 unspecified atom stereocenters. The summed E-state index contributed by atoms with van der Waals surface area (Å²) in [4.78, 5) is 14.2. The molecule has 1 saturated carbocycles. The number of carbonyl (C=O) groups excluding carboxylic acids is 1. The summed E-state index contributed by atoms with van der Waals surface area (Å²) in [7, 11) is 0. The van der Waals surface area contributed by atoms with E-state index in [1.807, 2.05) is 6.92 Å². The van der Waals surface area contributed by atoms with Crippen LogP contribution in [0.4, 0.5) is 0 Å². The van der Waals surface area contributed by atoms with E-state index < -0.39 is 5.41 Å². The van der Waals surface area contributed by atoms with E-state index in [1.54, 1.807) is 4.90 Å². The van der Waals surface area contributed by atoms with E-state index in [4.69, 9.17) is 9.84 Å². The first-order valence-electron chi connectivity index (χ1n) is 6.58. The molecule has 0 spiro atoms. The Kier molecular flexibility index (Phi) is 3.88. The molecule has 5 nitrogen and oxygen atoms in total. The molecule has 0 bridgehead atoms. The summed E-state index contributed by atoms with van der Waals surface area (Å²) in [6.45, 7) is 2.70. The number of amides is 1. The lowest BCUT2D eigenvalue weighted by Gasteiger charge is -2.38. The standard InChI is InChI=1S/C13H20N2O3/c1-10-6-15(7-11(8-16)18-10)12(17)13(9-14)4-2-3-5-13/h10-11,16H,2-8H2,1H3. The summed E-state index contributed by atoms with van der Waals surface area (Å²) in [5.41, 5.74) is -0.822. The third-order valence-electron chi connectivity index (χ3n) is 3.90. The number of hydrogen-bond donors (Lipinski definition) is 1. The average Bonchev–Trinajstić information content (AvgIpc) is 2.87. The van der Waals surface area contributed by atoms with Crippen molar-refractivity contribution in [3.05, 3.63) is 0 Å². The van der Waals surface area contributed by atoms with E-state index in [0.29, 0.717) is 25.9 Å². The monoisotopic (exact) mass is 252 g/mol. The van der Waals surface area contributed by atoms with Gasteiger partial charge in [0.1, 0.15) is 5.41 Å². The highest BCUT2D eigenvalue weighted by atomic mass is 16.5. The van der Waals surface area contributed by atoms with Gasteiger partial charge in [-0.2, -0.15) is 5.26 Å². The normalized spacial score (nSPS) is 31.1. The van der Waals surface area contributed by atoms with E-state index in [-0.39, 0.29) is 24.7 Å². The Balaban J connectivity index is 2.10. The molecule has 5 heteroatoms. The third kappa shape index (κ3) is 2.36. The Hall–Kier alpha value is -1.12. The lowest BCUT2D eigenvalue weighted by atomic mass is 9.86. The van der Waals surface area contributed by atoms with Crippen LogP contribution in [0.3, 0.4) is 0 Å². The van der Waals surface area contributed by atoms with Gasteiger partial charge < -0.3 is 14.7 Å². The summed E-state index contributed by atoms with van der Waals surface area (Å²) in [5.74, 6) is -0.0731. The van der Waals surface area contributed by atoms with Crippen molar-refractivity contribution in [3.8, 4) is 6.07 Å². The van der Waals surface area contributed by atoms with Crippen LogP contribution < -0.4 is 0 Å². The largest absolute Gasteiger partial charge is 0.394 e. The van der Waals surface area contributed by atoms with Crippen molar-refractivity contribution in [2.24, 2.45) is 5.41 Å². The van der Waals surface area contributed by atoms with Crippen LogP contribution in [0.15, 0.2) is 0 Å². The number of aliphatic hydroxyl groups is 1. The number of ether oxygens (including phenoxy) is 1. The van der Waals surface area contributed by atoms with Crippen molar-refractivity contribution in [1.29, 1.82) is 5.26 Å². The lowest BCUT2D eigenvalue weighted by molar-refractivity contribution is -0.154. The first kappa shape index (κ1) is 13.3. The van der Waals surface area contributed by atoms with Gasteiger partial charge in [-0.3, -0.25) is 4.79 Å². The van der Waals surface area contributed by atoms with Gasteiger partial charge in [0, 0.05) is 13.1 Å². The number of morpholine rings is 1. The van der Waals surface area contributed by atoms with Crippen LogP contribution in [0.25, 0.3) is 0 Å². The maximum absolute atomic E-state index is 12.5. The quantitative estimate of drug-likeness (QED) is 0.784. The Labute approximate surface area is 107 Å². The van der Waals surface area contributed by atoms with Crippen molar-refractivity contribution in [3.63, 3.8) is 0 Å². The van der Waals surface area contributed by atoms with Crippen LogP contribution in [-0.2, 0) is 9.53 Å². The Morgan fingerprint density at radius 2 is 2.17 bits per heavy atom. The Bertz CT molecular complexity index is 358. The fourth-order valence-electron chi connectivity index (χ4n) is 2.97. The molecule has 0 aromatic heterocycles. The molecule has 2 aliphatic rings. The van der Waals surface area contributed by atoms with Gasteiger partial charge in [0.15, 0.2) is 0 Å². The number of nitrogens with zero attached hydrogens (tertiary/aromatic N) is 2. The summed E-state index contributed by atoms with van der Waals surface area (Å²) in [5, 5.41) is 18.5. The first-order valence-corrected chi connectivity index (χ1v) is 6.58. The highest BCUT2D eigenvalue weighted by molar-refractivity contribution is 5.86. The second-order valence-corrected chi connectivity index (χ2v) is 5.36. The molecule has 2 rings (SSSR count). The van der Waals surface area contributed by atoms with Crippen LogP contribution in [0, 0.1) is 16.7 Å². The van der Waals surface area contributed by atoms with Gasteiger partial charge in [-0.25, -0.2) is 0 Å². The van der Waals surface area contributed by atoms with Gasteiger partial charge in [-0.15, -0.1) is 0 Å². The molecule has 100 valence electrons. The van der Waals surface area contributed by atoms with Gasteiger partial charge in [-0.05, 0) is 19.8 Å². The second kappa shape index (κ2) is 5.25. The molecule has 1 heterocycles. The molecule has 0 radical (unpaired) electrons. The topological polar surface area (TPSA) is 73.6 Å². The minimum atomic E-state index is -0.822. The van der Waals surface area contributed by atoms with E-state index >= 15 is 0 Å². The Morgan fingerprint density at radius 1 is 1.50 bits per heavy atom. The predicted octanol–water partition coefficient (Wildman–Crippen LogP) is 0.679. The van der Waals surface area contributed by atoms with Crippen LogP contribution in [0.2, 0.25) is 0 Å². The summed E-state index contributed by atoms with van der Waals surface area (Å²) < 4.78 is 5.52. The zero-order valence-corrected chi connectivity index (χ0v) is 10.8. The highest BCUT2D eigenvalue weighted by Crippen LogP contribution is 2.39. The van der Waals surface area contributed by atoms with E-state index in [0.717, 1.165) is 12.8 Å². The molecule has 0 aromatic carbocycles. The third-order valence-corrected chi connectivity index (χ3v) is 3.90. The molecule has 2 atom stereocenters. The van der Waals surface area contributed by atoms with Crippen molar-refractivity contribution in [2.45, 2.75) is 44.8 Å². The van der Waals surface area contributed by atoms with Crippen molar-refractivity contribution < 1.29 is 14.6 Å². The number of hydrogen-bond acceptors (Lipinski definition) is 4. The maximum Gasteiger partial charge on any atom is 0.243 e. The van der Waals surface area contributed by atoms with Gasteiger partial charge in [0.2, 0.25) is 5.91 Å². The molecule has 0 aromatic rings. The van der Waals surface area contributed by atoms with E-state index in [9.17, 15) is 10.1 Å². The minimum Gasteiger partial charge on any atom is -0.394 e. The molecule has 1 N–H and O–H groups in total. The van der Waals surface area contributed by atoms with Crippen LogP contribution in [0.5, 0.6) is 0 Å². The van der Waals surface area contributed by atoms with Crippen LogP contribution in [0.1, 0.15) is 32.6 Å². The fraction of sp³-hybridized carbons (Fsp3) is 0.846. The number of rotatable bonds is 2. The summed E-state index contributed by atoms with van der Waals surface area (Å²) >= 11 is 0. The van der Waals surface area contributed by atoms with Crippen LogP contribution in [-0.4, -0.2) is 47.8 Å². The van der Waals surface area contributed by atoms with Gasteiger partial charge in [0.05, 0.1) is 24.9 Å². The summed E-state index contributed by atoms with van der Waals surface area (Å²) in [6, 6.07) is 2.23. The fourth-order valence-corrected chi connectivity index (χ4v) is 2.97. The zero-order valence-electron chi connectivity index (χ0n) is 10.8. The minimum absolute atomic E-state index is 0.0731. The van der Waals surface area contributed by atoms with Crippen molar-refractivity contribution in [1.82, 2.24) is 4.90 Å². The van der Waals surface area contributed by atoms with E-state index in [1.165, 1.54) is 0 Å². The molecular formula is C13H20N2O3. The predicted molar refractivity (Wildman–Crippen MR) is 64.5 cm³/mol. The van der Waals surface area contributed by atoms with Crippen LogP contribution >= 0.6 is 0 Å². The molecule has 1 saturated heterocycles. The average molecular weight is 252 g/mol.